The normalized spacial score (nSPS) is 15.3. The SMILES string of the molecule is CCCNS(=O)(=O)c1cnc(N2CCC(n3c(=O)c(=O)n(C)c4cc(F)cnc43)CC2)nc1. The Kier molecular flexibility index (Phi) is 6.26. The number of hydrogen-bond acceptors (Lipinski definition) is 8. The van der Waals surface area contributed by atoms with Crippen LogP contribution in [0.1, 0.15) is 32.2 Å². The molecule has 0 aromatic carbocycles. The van der Waals surface area contributed by atoms with Crippen LogP contribution in [0.3, 0.4) is 0 Å². The van der Waals surface area contributed by atoms with E-state index in [2.05, 4.69) is 19.7 Å². The molecule has 33 heavy (non-hydrogen) atoms. The van der Waals surface area contributed by atoms with Crippen LogP contribution in [0.2, 0.25) is 0 Å². The van der Waals surface area contributed by atoms with Crippen LogP contribution in [0.4, 0.5) is 10.3 Å². The van der Waals surface area contributed by atoms with Gasteiger partial charge < -0.3 is 9.47 Å². The molecule has 11 nitrogen and oxygen atoms in total. The molecule has 1 aliphatic rings. The van der Waals surface area contributed by atoms with Gasteiger partial charge in [0.05, 0.1) is 24.1 Å². The summed E-state index contributed by atoms with van der Waals surface area (Å²) in [5.41, 5.74) is -0.937. The van der Waals surface area contributed by atoms with Gasteiger partial charge in [0.1, 0.15) is 10.7 Å². The average Bonchev–Trinajstić information content (AvgIpc) is 2.82. The summed E-state index contributed by atoms with van der Waals surface area (Å²) in [5.74, 6) is -0.214. The van der Waals surface area contributed by atoms with E-state index in [-0.39, 0.29) is 22.1 Å². The van der Waals surface area contributed by atoms with Gasteiger partial charge in [0.15, 0.2) is 5.65 Å². The fourth-order valence-corrected chi connectivity index (χ4v) is 4.92. The summed E-state index contributed by atoms with van der Waals surface area (Å²) >= 11 is 0. The molecule has 3 aromatic heterocycles. The molecule has 4 heterocycles. The molecule has 13 heteroatoms. The van der Waals surface area contributed by atoms with E-state index in [0.717, 1.165) is 10.8 Å². The maximum atomic E-state index is 13.7. The number of anilines is 1. The number of aromatic nitrogens is 5. The molecule has 1 aliphatic heterocycles. The average molecular weight is 478 g/mol. The summed E-state index contributed by atoms with van der Waals surface area (Å²) in [5, 5.41) is 0. The number of halogens is 1. The third-order valence-corrected chi connectivity index (χ3v) is 7.10. The van der Waals surface area contributed by atoms with Gasteiger partial charge in [-0.3, -0.25) is 14.2 Å². The highest BCUT2D eigenvalue weighted by Gasteiger charge is 2.26. The summed E-state index contributed by atoms with van der Waals surface area (Å²) in [6.45, 7) is 3.16. The van der Waals surface area contributed by atoms with Crippen molar-refractivity contribution in [2.75, 3.05) is 24.5 Å². The van der Waals surface area contributed by atoms with Gasteiger partial charge in [-0.05, 0) is 19.3 Å². The molecule has 1 saturated heterocycles. The van der Waals surface area contributed by atoms with Crippen molar-refractivity contribution in [3.8, 4) is 0 Å². The van der Waals surface area contributed by atoms with Gasteiger partial charge in [-0.25, -0.2) is 32.5 Å². The highest BCUT2D eigenvalue weighted by molar-refractivity contribution is 7.89. The number of aryl methyl sites for hydroxylation is 1. The number of rotatable bonds is 6. The largest absolute Gasteiger partial charge is 0.341 e. The molecule has 1 fully saturated rings. The Morgan fingerprint density at radius 2 is 1.76 bits per heavy atom. The number of sulfonamides is 1. The predicted octanol–water partition coefficient (Wildman–Crippen LogP) is 0.554. The van der Waals surface area contributed by atoms with Crippen LogP contribution in [0.15, 0.2) is 39.1 Å². The summed E-state index contributed by atoms with van der Waals surface area (Å²) in [4.78, 5) is 39.5. The molecule has 0 amide bonds. The first-order valence-corrected chi connectivity index (χ1v) is 12.0. The molecule has 0 bridgehead atoms. The van der Waals surface area contributed by atoms with Crippen molar-refractivity contribution in [2.24, 2.45) is 7.05 Å². The van der Waals surface area contributed by atoms with Crippen LogP contribution >= 0.6 is 0 Å². The van der Waals surface area contributed by atoms with E-state index < -0.39 is 27.0 Å². The second-order valence-corrected chi connectivity index (χ2v) is 9.64. The molecule has 0 saturated carbocycles. The molecule has 1 N–H and O–H groups in total. The molecule has 0 radical (unpaired) electrons. The zero-order chi connectivity index (χ0) is 23.8. The van der Waals surface area contributed by atoms with Crippen LogP contribution in [-0.4, -0.2) is 52.1 Å². The van der Waals surface area contributed by atoms with Gasteiger partial charge in [-0.15, -0.1) is 0 Å². The lowest BCUT2D eigenvalue weighted by Crippen LogP contribution is -2.45. The van der Waals surface area contributed by atoms with Gasteiger partial charge in [0.2, 0.25) is 16.0 Å². The maximum Gasteiger partial charge on any atom is 0.318 e. The molecule has 0 atom stereocenters. The quantitative estimate of drug-likeness (QED) is 0.509. The first-order valence-electron chi connectivity index (χ1n) is 10.6. The summed E-state index contributed by atoms with van der Waals surface area (Å²) in [7, 11) is -2.23. The van der Waals surface area contributed by atoms with Crippen molar-refractivity contribution >= 4 is 27.1 Å². The third-order valence-electron chi connectivity index (χ3n) is 5.69. The van der Waals surface area contributed by atoms with Crippen molar-refractivity contribution in [3.05, 3.63) is 51.2 Å². The predicted molar refractivity (Wildman–Crippen MR) is 119 cm³/mol. The smallest absolute Gasteiger partial charge is 0.318 e. The Labute approximate surface area is 189 Å². The number of piperidine rings is 1. The van der Waals surface area contributed by atoms with Crippen molar-refractivity contribution in [1.29, 1.82) is 0 Å². The minimum Gasteiger partial charge on any atom is -0.341 e. The van der Waals surface area contributed by atoms with E-state index >= 15 is 0 Å². The summed E-state index contributed by atoms with van der Waals surface area (Å²) in [6, 6.07) is 0.883. The zero-order valence-corrected chi connectivity index (χ0v) is 19.0. The molecule has 0 spiro atoms. The second kappa shape index (κ2) is 8.98. The van der Waals surface area contributed by atoms with E-state index in [0.29, 0.717) is 44.8 Å². The third kappa shape index (κ3) is 4.37. The molecule has 0 unspecified atom stereocenters. The minimum atomic E-state index is -3.65. The van der Waals surface area contributed by atoms with Gasteiger partial charge >= 0.3 is 11.1 Å². The standard InChI is InChI=1S/C20H24FN7O4S/c1-3-6-25-33(31,32)15-11-23-20(24-12-15)27-7-4-14(5-8-27)28-17-16(9-13(21)10-22-17)26(2)18(29)19(28)30/h9-12,14,25H,3-8H2,1-2H3. The van der Waals surface area contributed by atoms with Gasteiger partial charge in [-0.1, -0.05) is 6.92 Å². The molecular weight excluding hydrogens is 453 g/mol. The van der Waals surface area contributed by atoms with E-state index in [1.165, 1.54) is 30.1 Å². The first-order chi connectivity index (χ1) is 15.7. The van der Waals surface area contributed by atoms with Gasteiger partial charge in [0, 0.05) is 38.8 Å². The number of nitrogens with one attached hydrogen (secondary N) is 1. The Morgan fingerprint density at radius 3 is 2.39 bits per heavy atom. The van der Waals surface area contributed by atoms with Crippen LogP contribution in [-0.2, 0) is 17.1 Å². The molecule has 3 aromatic rings. The number of pyridine rings is 1. The zero-order valence-electron chi connectivity index (χ0n) is 18.2. The highest BCUT2D eigenvalue weighted by atomic mass is 32.2. The Bertz CT molecular complexity index is 1390. The van der Waals surface area contributed by atoms with E-state index in [4.69, 9.17) is 0 Å². The van der Waals surface area contributed by atoms with Crippen LogP contribution in [0, 0.1) is 5.82 Å². The van der Waals surface area contributed by atoms with E-state index in [1.54, 1.807) is 0 Å². The minimum absolute atomic E-state index is 0.00829. The highest BCUT2D eigenvalue weighted by Crippen LogP contribution is 2.26. The van der Waals surface area contributed by atoms with Crippen LogP contribution < -0.4 is 20.7 Å². The first kappa shape index (κ1) is 23.0. The van der Waals surface area contributed by atoms with E-state index in [1.807, 2.05) is 11.8 Å². The van der Waals surface area contributed by atoms with Crippen molar-refractivity contribution < 1.29 is 12.8 Å². The van der Waals surface area contributed by atoms with Crippen LogP contribution in [0.25, 0.3) is 11.2 Å². The summed E-state index contributed by atoms with van der Waals surface area (Å²) < 4.78 is 43.0. The molecule has 4 rings (SSSR count). The maximum absolute atomic E-state index is 13.7. The second-order valence-electron chi connectivity index (χ2n) is 7.87. The topological polar surface area (TPSA) is 132 Å². The molecule has 0 aliphatic carbocycles. The Hall–Kier alpha value is -3.19. The molecular formula is C20H24FN7O4S. The van der Waals surface area contributed by atoms with Crippen molar-refractivity contribution in [2.45, 2.75) is 37.1 Å². The number of nitrogens with zero attached hydrogens (tertiary/aromatic N) is 6. The Morgan fingerprint density at radius 1 is 1.09 bits per heavy atom. The fraction of sp³-hybridized carbons (Fsp3) is 0.450. The lowest BCUT2D eigenvalue weighted by atomic mass is 10.0. The lowest BCUT2D eigenvalue weighted by molar-refractivity contribution is 0.389. The monoisotopic (exact) mass is 477 g/mol. The van der Waals surface area contributed by atoms with Crippen molar-refractivity contribution in [1.82, 2.24) is 28.8 Å². The Balaban J connectivity index is 1.55. The molecule has 176 valence electrons. The van der Waals surface area contributed by atoms with Gasteiger partial charge in [0.25, 0.3) is 0 Å². The lowest BCUT2D eigenvalue weighted by Gasteiger charge is -2.33. The number of fused-ring (bicyclic) bond motifs is 1. The van der Waals surface area contributed by atoms with Gasteiger partial charge in [-0.2, -0.15) is 0 Å². The van der Waals surface area contributed by atoms with E-state index in [9.17, 15) is 22.4 Å². The summed E-state index contributed by atoms with van der Waals surface area (Å²) in [6.07, 6.45) is 5.24. The van der Waals surface area contributed by atoms with Crippen LogP contribution in [0.5, 0.6) is 0 Å². The number of hydrogen-bond donors (Lipinski definition) is 1. The van der Waals surface area contributed by atoms with Crippen molar-refractivity contribution in [3.63, 3.8) is 0 Å². The fourth-order valence-electron chi connectivity index (χ4n) is 3.90.